The summed E-state index contributed by atoms with van der Waals surface area (Å²) in [4.78, 5) is 8.44. The van der Waals surface area contributed by atoms with E-state index in [9.17, 15) is 0 Å². The molecular formula is C14H25N3OS. The van der Waals surface area contributed by atoms with Crippen LogP contribution in [0, 0.1) is 19.8 Å². The zero-order chi connectivity index (χ0) is 13.7. The molecule has 0 aliphatic carbocycles. The number of thiazole rings is 1. The number of anilines is 1. The smallest absolute Gasteiger partial charge is 0.185 e. The number of aryl methyl sites for hydroxylation is 2. The van der Waals surface area contributed by atoms with Gasteiger partial charge in [0.1, 0.15) is 0 Å². The molecular weight excluding hydrogens is 258 g/mol. The van der Waals surface area contributed by atoms with Crippen LogP contribution in [0.25, 0.3) is 0 Å². The van der Waals surface area contributed by atoms with Crippen LogP contribution in [0.5, 0.6) is 0 Å². The molecule has 1 aromatic rings. The van der Waals surface area contributed by atoms with Crippen molar-refractivity contribution in [1.29, 1.82) is 0 Å². The van der Waals surface area contributed by atoms with Crippen LogP contribution in [-0.2, 0) is 4.74 Å². The minimum atomic E-state index is 0.801. The van der Waals surface area contributed by atoms with Crippen molar-refractivity contribution in [1.82, 2.24) is 10.3 Å². The zero-order valence-electron chi connectivity index (χ0n) is 12.2. The molecule has 1 aliphatic heterocycles. The van der Waals surface area contributed by atoms with Crippen LogP contribution in [0.2, 0.25) is 0 Å². The van der Waals surface area contributed by atoms with Crippen molar-refractivity contribution in [3.05, 3.63) is 10.6 Å². The Labute approximate surface area is 120 Å². The highest BCUT2D eigenvalue weighted by atomic mass is 32.1. The summed E-state index contributed by atoms with van der Waals surface area (Å²) in [5, 5.41) is 4.68. The first-order valence-corrected chi connectivity index (χ1v) is 7.91. The number of hydrogen-bond donors (Lipinski definition) is 1. The molecule has 0 radical (unpaired) electrons. The highest BCUT2D eigenvalue weighted by Gasteiger charge is 2.21. The fraction of sp³-hybridized carbons (Fsp3) is 0.786. The molecule has 19 heavy (non-hydrogen) atoms. The van der Waals surface area contributed by atoms with E-state index < -0.39 is 0 Å². The minimum Gasteiger partial charge on any atom is -0.383 e. The van der Waals surface area contributed by atoms with Gasteiger partial charge in [0.15, 0.2) is 5.13 Å². The molecule has 1 N–H and O–H groups in total. The van der Waals surface area contributed by atoms with Crippen molar-refractivity contribution in [2.75, 3.05) is 44.8 Å². The van der Waals surface area contributed by atoms with E-state index in [2.05, 4.69) is 29.0 Å². The van der Waals surface area contributed by atoms with Crippen LogP contribution >= 0.6 is 11.3 Å². The largest absolute Gasteiger partial charge is 0.383 e. The first kappa shape index (κ1) is 14.8. The number of nitrogens with zero attached hydrogens (tertiary/aromatic N) is 2. The quantitative estimate of drug-likeness (QED) is 0.812. The van der Waals surface area contributed by atoms with Crippen molar-refractivity contribution >= 4 is 16.5 Å². The van der Waals surface area contributed by atoms with Crippen LogP contribution < -0.4 is 10.2 Å². The zero-order valence-corrected chi connectivity index (χ0v) is 13.1. The topological polar surface area (TPSA) is 37.4 Å². The number of rotatable bonds is 6. The van der Waals surface area contributed by atoms with E-state index in [-0.39, 0.29) is 0 Å². The van der Waals surface area contributed by atoms with E-state index in [1.54, 1.807) is 7.11 Å². The van der Waals surface area contributed by atoms with Gasteiger partial charge in [0, 0.05) is 31.6 Å². The first-order valence-electron chi connectivity index (χ1n) is 7.09. The predicted octanol–water partition coefficient (Wildman–Crippen LogP) is 2.21. The van der Waals surface area contributed by atoms with Crippen molar-refractivity contribution < 1.29 is 4.74 Å². The summed E-state index contributed by atoms with van der Waals surface area (Å²) in [7, 11) is 1.75. The Hall–Kier alpha value is -0.650. The normalized spacial score (nSPS) is 17.1. The lowest BCUT2D eigenvalue weighted by Gasteiger charge is -2.31. The molecule has 0 aromatic carbocycles. The molecule has 2 rings (SSSR count). The van der Waals surface area contributed by atoms with E-state index >= 15 is 0 Å². The fourth-order valence-corrected chi connectivity index (χ4v) is 3.36. The van der Waals surface area contributed by atoms with E-state index in [0.29, 0.717) is 0 Å². The number of aromatic nitrogens is 1. The van der Waals surface area contributed by atoms with Gasteiger partial charge >= 0.3 is 0 Å². The molecule has 1 saturated heterocycles. The Morgan fingerprint density at radius 1 is 1.37 bits per heavy atom. The summed E-state index contributed by atoms with van der Waals surface area (Å²) in [5.74, 6) is 0.801. The van der Waals surface area contributed by atoms with Crippen molar-refractivity contribution in [2.24, 2.45) is 5.92 Å². The van der Waals surface area contributed by atoms with Crippen molar-refractivity contribution in [3.63, 3.8) is 0 Å². The molecule has 5 heteroatoms. The van der Waals surface area contributed by atoms with E-state index in [1.165, 1.54) is 28.5 Å². The second-order valence-corrected chi connectivity index (χ2v) is 6.45. The predicted molar refractivity (Wildman–Crippen MR) is 81.3 cm³/mol. The Morgan fingerprint density at radius 3 is 2.68 bits per heavy atom. The molecule has 108 valence electrons. The lowest BCUT2D eigenvalue weighted by molar-refractivity contribution is 0.197. The van der Waals surface area contributed by atoms with Gasteiger partial charge in [0.2, 0.25) is 0 Å². The van der Waals surface area contributed by atoms with Crippen LogP contribution in [-0.4, -0.2) is 44.9 Å². The Bertz CT molecular complexity index is 367. The van der Waals surface area contributed by atoms with Gasteiger partial charge in [-0.1, -0.05) is 0 Å². The van der Waals surface area contributed by atoms with Crippen LogP contribution in [0.4, 0.5) is 5.13 Å². The fourth-order valence-electron chi connectivity index (χ4n) is 2.40. The van der Waals surface area contributed by atoms with E-state index in [1.807, 2.05) is 11.3 Å². The van der Waals surface area contributed by atoms with Gasteiger partial charge in [-0.3, -0.25) is 0 Å². The third-order valence-electron chi connectivity index (χ3n) is 3.82. The highest BCUT2D eigenvalue weighted by molar-refractivity contribution is 7.15. The Kier molecular flexibility index (Phi) is 5.60. The standard InChI is InChI=1S/C14H25N3OS/c1-11-12(2)19-14(16-11)17-7-4-13(5-8-17)10-15-6-9-18-3/h13,15H,4-10H2,1-3H3. The number of nitrogens with one attached hydrogen (secondary N) is 1. The number of piperidine rings is 1. The minimum absolute atomic E-state index is 0.801. The van der Waals surface area contributed by atoms with Gasteiger partial charge in [0.05, 0.1) is 12.3 Å². The molecule has 0 unspecified atom stereocenters. The van der Waals surface area contributed by atoms with Gasteiger partial charge in [-0.25, -0.2) is 4.98 Å². The van der Waals surface area contributed by atoms with Crippen molar-refractivity contribution in [2.45, 2.75) is 26.7 Å². The lowest BCUT2D eigenvalue weighted by atomic mass is 9.97. The average Bonchev–Trinajstić information content (AvgIpc) is 2.76. The molecule has 2 heterocycles. The summed E-state index contributed by atoms with van der Waals surface area (Å²) in [6.45, 7) is 9.42. The molecule has 0 spiro atoms. The Morgan fingerprint density at radius 2 is 2.11 bits per heavy atom. The summed E-state index contributed by atoms with van der Waals surface area (Å²) in [6.07, 6.45) is 2.52. The van der Waals surface area contributed by atoms with Gasteiger partial charge in [0.25, 0.3) is 0 Å². The highest BCUT2D eigenvalue weighted by Crippen LogP contribution is 2.28. The Balaban J connectivity index is 1.73. The van der Waals surface area contributed by atoms with Gasteiger partial charge in [-0.05, 0) is 39.2 Å². The lowest BCUT2D eigenvalue weighted by Crippen LogP contribution is -2.37. The molecule has 0 amide bonds. The molecule has 1 fully saturated rings. The molecule has 1 aliphatic rings. The van der Waals surface area contributed by atoms with E-state index in [4.69, 9.17) is 4.74 Å². The van der Waals surface area contributed by atoms with Crippen LogP contribution in [0.3, 0.4) is 0 Å². The molecule has 0 bridgehead atoms. The average molecular weight is 283 g/mol. The maximum Gasteiger partial charge on any atom is 0.185 e. The molecule has 0 atom stereocenters. The number of ether oxygens (including phenoxy) is 1. The monoisotopic (exact) mass is 283 g/mol. The van der Waals surface area contributed by atoms with Crippen LogP contribution in [0.1, 0.15) is 23.4 Å². The van der Waals surface area contributed by atoms with E-state index in [0.717, 1.165) is 38.7 Å². The third kappa shape index (κ3) is 4.16. The summed E-state index contributed by atoms with van der Waals surface area (Å²) >= 11 is 1.83. The molecule has 1 aromatic heterocycles. The van der Waals surface area contributed by atoms with Crippen molar-refractivity contribution in [3.8, 4) is 0 Å². The molecule has 0 saturated carbocycles. The number of hydrogen-bond acceptors (Lipinski definition) is 5. The third-order valence-corrected chi connectivity index (χ3v) is 4.95. The maximum absolute atomic E-state index is 5.04. The maximum atomic E-state index is 5.04. The second kappa shape index (κ2) is 7.22. The summed E-state index contributed by atoms with van der Waals surface area (Å²) in [5.41, 5.74) is 1.18. The van der Waals surface area contributed by atoms with Crippen LogP contribution in [0.15, 0.2) is 0 Å². The van der Waals surface area contributed by atoms with Gasteiger partial charge < -0.3 is 15.0 Å². The summed E-state index contributed by atoms with van der Waals surface area (Å²) < 4.78 is 5.04. The second-order valence-electron chi connectivity index (χ2n) is 5.27. The number of methoxy groups -OCH3 is 1. The van der Waals surface area contributed by atoms with Gasteiger partial charge in [-0.15, -0.1) is 11.3 Å². The summed E-state index contributed by atoms with van der Waals surface area (Å²) in [6, 6.07) is 0. The van der Waals surface area contributed by atoms with Gasteiger partial charge in [-0.2, -0.15) is 0 Å². The molecule has 4 nitrogen and oxygen atoms in total. The SMILES string of the molecule is COCCNCC1CCN(c2nc(C)c(C)s2)CC1. The first-order chi connectivity index (χ1) is 9.20.